The van der Waals surface area contributed by atoms with Gasteiger partial charge in [-0.25, -0.2) is 4.98 Å². The summed E-state index contributed by atoms with van der Waals surface area (Å²) >= 11 is 5.84. The molecule has 43 heavy (non-hydrogen) atoms. The van der Waals surface area contributed by atoms with Crippen molar-refractivity contribution < 1.29 is 13.2 Å². The van der Waals surface area contributed by atoms with E-state index >= 15 is 0 Å². The fourth-order valence-electron chi connectivity index (χ4n) is 4.88. The van der Waals surface area contributed by atoms with Gasteiger partial charge in [-0.3, -0.25) is 0 Å². The van der Waals surface area contributed by atoms with E-state index < -0.39 is 11.7 Å². The molecule has 9 heteroatoms. The van der Waals surface area contributed by atoms with E-state index in [4.69, 9.17) is 17.5 Å². The number of alkyl halides is 3. The summed E-state index contributed by atoms with van der Waals surface area (Å²) in [5, 5.41) is 12.7. The van der Waals surface area contributed by atoms with Crippen LogP contribution in [-0.2, 0) is 25.7 Å². The zero-order valence-electron chi connectivity index (χ0n) is 23.1. The molecule has 0 unspecified atom stereocenters. The monoisotopic (exact) mass is 595 g/mol. The number of benzene rings is 4. The van der Waals surface area contributed by atoms with Gasteiger partial charge in [-0.2, -0.15) is 18.4 Å². The number of nitrogens with one attached hydrogen (secondary N) is 1. The van der Waals surface area contributed by atoms with Gasteiger partial charge in [0.25, 0.3) is 0 Å². The minimum atomic E-state index is -4.49. The number of aromatic nitrogens is 2. The van der Waals surface area contributed by atoms with Crippen LogP contribution >= 0.6 is 12.2 Å². The van der Waals surface area contributed by atoms with Crippen LogP contribution in [-0.4, -0.2) is 26.1 Å². The summed E-state index contributed by atoms with van der Waals surface area (Å²) in [6.45, 7) is 0.870. The molecule has 1 aromatic heterocycles. The van der Waals surface area contributed by atoms with E-state index in [0.717, 1.165) is 34.1 Å². The number of nitriles is 1. The maximum absolute atomic E-state index is 13.9. The molecular formula is C34H28F3N5S. The quantitative estimate of drug-likeness (QED) is 0.175. The van der Waals surface area contributed by atoms with Crippen LogP contribution in [0, 0.1) is 11.3 Å². The normalized spacial score (nSPS) is 11.1. The number of thiocarbonyl (C=S) groups is 1. The van der Waals surface area contributed by atoms with Gasteiger partial charge in [0.2, 0.25) is 0 Å². The minimum Gasteiger partial charge on any atom is -0.344 e. The molecule has 0 aliphatic rings. The first-order valence-corrected chi connectivity index (χ1v) is 14.1. The van der Waals surface area contributed by atoms with Gasteiger partial charge >= 0.3 is 6.18 Å². The van der Waals surface area contributed by atoms with Crippen molar-refractivity contribution in [2.45, 2.75) is 25.7 Å². The van der Waals surface area contributed by atoms with Crippen LogP contribution in [0.25, 0.3) is 11.1 Å². The highest BCUT2D eigenvalue weighted by Gasteiger charge is 2.33. The van der Waals surface area contributed by atoms with Crippen molar-refractivity contribution in [1.82, 2.24) is 14.5 Å². The predicted molar refractivity (Wildman–Crippen MR) is 166 cm³/mol. The molecule has 0 radical (unpaired) electrons. The summed E-state index contributed by atoms with van der Waals surface area (Å²) in [5.74, 6) is 0. The van der Waals surface area contributed by atoms with E-state index in [1.807, 2.05) is 71.3 Å². The summed E-state index contributed by atoms with van der Waals surface area (Å²) in [7, 11) is 0. The van der Waals surface area contributed by atoms with Crippen molar-refractivity contribution >= 4 is 23.0 Å². The van der Waals surface area contributed by atoms with Crippen molar-refractivity contribution in [2.24, 2.45) is 0 Å². The third kappa shape index (κ3) is 7.48. The second-order valence-corrected chi connectivity index (χ2v) is 10.4. The van der Waals surface area contributed by atoms with Crippen LogP contribution in [0.2, 0.25) is 0 Å². The SMILES string of the molecule is N#Cc1ccc(Cn2cncc2CCN(Cc2ccccc2C(F)(F)F)C(=S)Nc2ccccc2-c2ccccc2)cc1. The van der Waals surface area contributed by atoms with Gasteiger partial charge in [0.05, 0.1) is 23.5 Å². The van der Waals surface area contributed by atoms with Crippen molar-refractivity contribution in [1.29, 1.82) is 5.26 Å². The third-order valence-electron chi connectivity index (χ3n) is 7.10. The second kappa shape index (κ2) is 13.4. The first-order chi connectivity index (χ1) is 20.8. The number of halogens is 3. The average molecular weight is 596 g/mol. The second-order valence-electron chi connectivity index (χ2n) is 9.99. The maximum atomic E-state index is 13.9. The smallest absolute Gasteiger partial charge is 0.344 e. The molecule has 5 aromatic rings. The molecular weight excluding hydrogens is 567 g/mol. The van der Waals surface area contributed by atoms with Crippen molar-refractivity contribution in [3.8, 4) is 17.2 Å². The van der Waals surface area contributed by atoms with Crippen LogP contribution in [0.3, 0.4) is 0 Å². The number of rotatable bonds is 9. The lowest BCUT2D eigenvalue weighted by molar-refractivity contribution is -0.138. The van der Waals surface area contributed by atoms with Gasteiger partial charge in [-0.15, -0.1) is 0 Å². The van der Waals surface area contributed by atoms with E-state index in [1.165, 1.54) is 12.1 Å². The molecule has 4 aromatic carbocycles. The van der Waals surface area contributed by atoms with Gasteiger partial charge in [-0.1, -0.05) is 78.9 Å². The van der Waals surface area contributed by atoms with Crippen molar-refractivity contribution in [3.05, 3.63) is 144 Å². The molecule has 0 amide bonds. The molecule has 0 aliphatic carbocycles. The lowest BCUT2D eigenvalue weighted by atomic mass is 10.0. The zero-order chi connectivity index (χ0) is 30.2. The number of hydrogen-bond donors (Lipinski definition) is 1. The van der Waals surface area contributed by atoms with Gasteiger partial charge < -0.3 is 14.8 Å². The molecule has 0 saturated heterocycles. The van der Waals surface area contributed by atoms with E-state index in [-0.39, 0.29) is 12.1 Å². The van der Waals surface area contributed by atoms with Crippen LogP contribution in [0.1, 0.15) is 27.9 Å². The topological polar surface area (TPSA) is 56.9 Å². The number of nitrogens with zero attached hydrogens (tertiary/aromatic N) is 4. The first-order valence-electron chi connectivity index (χ1n) is 13.7. The number of para-hydroxylation sites is 1. The van der Waals surface area contributed by atoms with Crippen molar-refractivity contribution in [2.75, 3.05) is 11.9 Å². The molecule has 5 rings (SSSR count). The highest BCUT2D eigenvalue weighted by atomic mass is 32.1. The Morgan fingerprint density at radius 1 is 0.907 bits per heavy atom. The van der Waals surface area contributed by atoms with Crippen molar-refractivity contribution in [3.63, 3.8) is 0 Å². The summed E-state index contributed by atoms with van der Waals surface area (Å²) in [6, 6.07) is 32.6. The lowest BCUT2D eigenvalue weighted by Crippen LogP contribution is -2.36. The molecule has 0 fully saturated rings. The van der Waals surface area contributed by atoms with E-state index in [0.29, 0.717) is 30.2 Å². The van der Waals surface area contributed by atoms with Gasteiger partial charge in [0.15, 0.2) is 5.11 Å². The highest BCUT2D eigenvalue weighted by Crippen LogP contribution is 2.33. The zero-order valence-corrected chi connectivity index (χ0v) is 23.9. The third-order valence-corrected chi connectivity index (χ3v) is 7.46. The molecule has 0 aliphatic heterocycles. The highest BCUT2D eigenvalue weighted by molar-refractivity contribution is 7.80. The van der Waals surface area contributed by atoms with Crippen LogP contribution in [0.15, 0.2) is 116 Å². The molecule has 216 valence electrons. The Morgan fingerprint density at radius 3 is 2.35 bits per heavy atom. The van der Waals surface area contributed by atoms with E-state index in [9.17, 15) is 13.2 Å². The van der Waals surface area contributed by atoms with E-state index in [2.05, 4.69) is 16.4 Å². The molecule has 0 bridgehead atoms. The van der Waals surface area contributed by atoms with Crippen LogP contribution < -0.4 is 5.32 Å². The summed E-state index contributed by atoms with van der Waals surface area (Å²) < 4.78 is 43.7. The first kappa shape index (κ1) is 29.5. The predicted octanol–water partition coefficient (Wildman–Crippen LogP) is 7.93. The maximum Gasteiger partial charge on any atom is 0.416 e. The molecule has 0 spiro atoms. The Hall–Kier alpha value is -4.94. The number of anilines is 1. The molecule has 1 heterocycles. The van der Waals surface area contributed by atoms with Gasteiger partial charge in [-0.05, 0) is 53.2 Å². The number of imidazole rings is 1. The van der Waals surface area contributed by atoms with Crippen LogP contribution in [0.4, 0.5) is 18.9 Å². The molecule has 1 N–H and O–H groups in total. The largest absolute Gasteiger partial charge is 0.416 e. The molecule has 0 atom stereocenters. The Morgan fingerprint density at radius 2 is 1.60 bits per heavy atom. The molecule has 0 saturated carbocycles. The lowest BCUT2D eigenvalue weighted by Gasteiger charge is -2.28. The van der Waals surface area contributed by atoms with Crippen LogP contribution in [0.5, 0.6) is 0 Å². The van der Waals surface area contributed by atoms with Gasteiger partial charge in [0, 0.05) is 49.2 Å². The minimum absolute atomic E-state index is 0.0290. The molecule has 5 nitrogen and oxygen atoms in total. The standard InChI is InChI=1S/C34H28F3N5S/c35-34(36,37)31-12-6-4-10-28(31)23-41(33(43)40-32-13-7-5-11-30(32)27-8-2-1-3-9-27)19-18-29-21-39-24-42(29)22-26-16-14-25(20-38)15-17-26/h1-17,21,24H,18-19,22-23H2,(H,40,43). The Labute approximate surface area is 253 Å². The van der Waals surface area contributed by atoms with Gasteiger partial charge in [0.1, 0.15) is 0 Å². The summed E-state index contributed by atoms with van der Waals surface area (Å²) in [6.07, 6.45) is -0.514. The average Bonchev–Trinajstić information content (AvgIpc) is 3.46. The number of hydrogen-bond acceptors (Lipinski definition) is 3. The van der Waals surface area contributed by atoms with E-state index in [1.54, 1.807) is 35.6 Å². The Bertz CT molecular complexity index is 1720. The summed E-state index contributed by atoms with van der Waals surface area (Å²) in [5.41, 5.74) is 4.64. The Balaban J connectivity index is 1.40. The fraction of sp³-hybridized carbons (Fsp3) is 0.147. The Kier molecular flexibility index (Phi) is 9.18. The fourth-order valence-corrected chi connectivity index (χ4v) is 5.14. The summed E-state index contributed by atoms with van der Waals surface area (Å²) in [4.78, 5) is 6.08.